The van der Waals surface area contributed by atoms with Gasteiger partial charge in [0.2, 0.25) is 0 Å². The Hall–Kier alpha value is -2.20. The molecule has 0 bridgehead atoms. The minimum Gasteiger partial charge on any atom is -0.337 e. The standard InChI is InChI=1S/C20H19BrN2O/c1-13-8-9-19-16(10-13)17(11-14(2)22-19)20(24)23(3)12-15-6-4-5-7-18(15)21/h4-11H,12H2,1-3H3. The molecule has 1 amide bonds. The lowest BCUT2D eigenvalue weighted by Crippen LogP contribution is -2.26. The quantitative estimate of drug-likeness (QED) is 0.646. The number of carbonyl (C=O) groups is 1. The van der Waals surface area contributed by atoms with E-state index < -0.39 is 0 Å². The van der Waals surface area contributed by atoms with E-state index in [0.29, 0.717) is 12.1 Å². The van der Waals surface area contributed by atoms with Gasteiger partial charge in [0, 0.05) is 29.1 Å². The van der Waals surface area contributed by atoms with Gasteiger partial charge in [-0.15, -0.1) is 0 Å². The number of benzene rings is 2. The third kappa shape index (κ3) is 3.34. The molecule has 3 nitrogen and oxygen atoms in total. The van der Waals surface area contributed by atoms with Crippen LogP contribution in [0.15, 0.2) is 53.0 Å². The Morgan fingerprint density at radius 2 is 1.88 bits per heavy atom. The summed E-state index contributed by atoms with van der Waals surface area (Å²) in [4.78, 5) is 19.3. The fourth-order valence-electron chi connectivity index (χ4n) is 2.81. The third-order valence-corrected chi connectivity index (χ3v) is 4.81. The zero-order valence-electron chi connectivity index (χ0n) is 14.0. The van der Waals surface area contributed by atoms with Crippen LogP contribution < -0.4 is 0 Å². The van der Waals surface area contributed by atoms with E-state index >= 15 is 0 Å². The van der Waals surface area contributed by atoms with Crippen molar-refractivity contribution in [1.29, 1.82) is 0 Å². The number of hydrogen-bond donors (Lipinski definition) is 0. The monoisotopic (exact) mass is 382 g/mol. The molecule has 0 unspecified atom stereocenters. The number of aromatic nitrogens is 1. The molecule has 0 saturated heterocycles. The Kier molecular flexibility index (Phi) is 4.67. The Labute approximate surface area is 150 Å². The average Bonchev–Trinajstić information content (AvgIpc) is 2.56. The first-order valence-corrected chi connectivity index (χ1v) is 8.62. The van der Waals surface area contributed by atoms with E-state index in [4.69, 9.17) is 0 Å². The molecule has 122 valence electrons. The minimum atomic E-state index is 0.00635. The molecule has 0 N–H and O–H groups in total. The first-order chi connectivity index (χ1) is 11.5. The second-order valence-electron chi connectivity index (χ2n) is 6.08. The zero-order chi connectivity index (χ0) is 17.3. The van der Waals surface area contributed by atoms with E-state index in [9.17, 15) is 4.79 Å². The summed E-state index contributed by atoms with van der Waals surface area (Å²) in [5, 5.41) is 0.907. The fraction of sp³-hybridized carbons (Fsp3) is 0.200. The lowest BCUT2D eigenvalue weighted by atomic mass is 10.0. The molecule has 0 radical (unpaired) electrons. The van der Waals surface area contributed by atoms with Crippen molar-refractivity contribution in [3.05, 3.63) is 75.4 Å². The van der Waals surface area contributed by atoms with Crippen molar-refractivity contribution in [2.75, 3.05) is 7.05 Å². The van der Waals surface area contributed by atoms with Crippen LogP contribution in [0, 0.1) is 13.8 Å². The third-order valence-electron chi connectivity index (χ3n) is 4.03. The number of hydrogen-bond acceptors (Lipinski definition) is 2. The molecule has 0 spiro atoms. The normalized spacial score (nSPS) is 10.8. The van der Waals surface area contributed by atoms with Gasteiger partial charge in [-0.25, -0.2) is 0 Å². The Bertz CT molecular complexity index is 921. The topological polar surface area (TPSA) is 33.2 Å². The van der Waals surface area contributed by atoms with Crippen molar-refractivity contribution in [2.45, 2.75) is 20.4 Å². The number of rotatable bonds is 3. The summed E-state index contributed by atoms with van der Waals surface area (Å²) in [7, 11) is 1.83. The van der Waals surface area contributed by atoms with Gasteiger partial charge >= 0.3 is 0 Å². The predicted octanol–water partition coefficient (Wildman–Crippen LogP) is 4.89. The van der Waals surface area contributed by atoms with E-state index in [0.717, 1.165) is 32.2 Å². The maximum absolute atomic E-state index is 13.0. The number of aryl methyl sites for hydroxylation is 2. The van der Waals surface area contributed by atoms with Crippen LogP contribution in [-0.4, -0.2) is 22.8 Å². The molecule has 0 atom stereocenters. The highest BCUT2D eigenvalue weighted by Gasteiger charge is 2.17. The van der Waals surface area contributed by atoms with Crippen LogP contribution in [0.4, 0.5) is 0 Å². The van der Waals surface area contributed by atoms with Crippen LogP contribution >= 0.6 is 15.9 Å². The van der Waals surface area contributed by atoms with Gasteiger partial charge in [0.1, 0.15) is 0 Å². The van der Waals surface area contributed by atoms with Crippen molar-refractivity contribution < 1.29 is 4.79 Å². The van der Waals surface area contributed by atoms with Crippen LogP contribution in [0.25, 0.3) is 10.9 Å². The number of carbonyl (C=O) groups excluding carboxylic acids is 1. The zero-order valence-corrected chi connectivity index (χ0v) is 15.6. The largest absolute Gasteiger partial charge is 0.337 e. The summed E-state index contributed by atoms with van der Waals surface area (Å²) in [5.74, 6) is 0.00635. The van der Waals surface area contributed by atoms with E-state index in [1.165, 1.54) is 0 Å². The Balaban J connectivity index is 1.99. The predicted molar refractivity (Wildman–Crippen MR) is 101 cm³/mol. The molecule has 3 rings (SSSR count). The van der Waals surface area contributed by atoms with Gasteiger partial charge in [-0.05, 0) is 43.7 Å². The van der Waals surface area contributed by atoms with Gasteiger partial charge in [-0.2, -0.15) is 0 Å². The second kappa shape index (κ2) is 6.73. The van der Waals surface area contributed by atoms with Crippen molar-refractivity contribution >= 4 is 32.7 Å². The molecule has 0 aliphatic heterocycles. The van der Waals surface area contributed by atoms with Crippen molar-refractivity contribution in [2.24, 2.45) is 0 Å². The summed E-state index contributed by atoms with van der Waals surface area (Å²) in [6, 6.07) is 15.9. The van der Waals surface area contributed by atoms with Gasteiger partial charge in [-0.1, -0.05) is 45.8 Å². The summed E-state index contributed by atoms with van der Waals surface area (Å²) < 4.78 is 1.01. The highest BCUT2D eigenvalue weighted by atomic mass is 79.9. The van der Waals surface area contributed by atoms with Crippen LogP contribution in [0.2, 0.25) is 0 Å². The van der Waals surface area contributed by atoms with Gasteiger partial charge in [0.15, 0.2) is 0 Å². The molecule has 0 aliphatic rings. The molecule has 0 saturated carbocycles. The average molecular weight is 383 g/mol. The van der Waals surface area contributed by atoms with Crippen molar-refractivity contribution in [3.8, 4) is 0 Å². The first-order valence-electron chi connectivity index (χ1n) is 7.82. The van der Waals surface area contributed by atoms with Crippen LogP contribution in [0.5, 0.6) is 0 Å². The van der Waals surface area contributed by atoms with Gasteiger partial charge < -0.3 is 4.90 Å². The molecule has 3 aromatic rings. The van der Waals surface area contributed by atoms with Gasteiger partial charge in [-0.3, -0.25) is 9.78 Å². The Morgan fingerprint density at radius 1 is 1.12 bits per heavy atom. The summed E-state index contributed by atoms with van der Waals surface area (Å²) in [6.07, 6.45) is 0. The molecular weight excluding hydrogens is 364 g/mol. The van der Waals surface area contributed by atoms with E-state index in [1.54, 1.807) is 4.90 Å². The number of amides is 1. The SMILES string of the molecule is Cc1ccc2nc(C)cc(C(=O)N(C)Cc3ccccc3Br)c2c1. The highest BCUT2D eigenvalue weighted by molar-refractivity contribution is 9.10. The summed E-state index contributed by atoms with van der Waals surface area (Å²) >= 11 is 3.54. The van der Waals surface area contributed by atoms with E-state index in [1.807, 2.05) is 69.4 Å². The summed E-state index contributed by atoms with van der Waals surface area (Å²) in [5.41, 5.74) is 4.62. The van der Waals surface area contributed by atoms with Crippen LogP contribution in [0.1, 0.15) is 27.2 Å². The fourth-order valence-corrected chi connectivity index (χ4v) is 3.22. The number of fused-ring (bicyclic) bond motifs is 1. The van der Waals surface area contributed by atoms with Crippen molar-refractivity contribution in [1.82, 2.24) is 9.88 Å². The van der Waals surface area contributed by atoms with E-state index in [2.05, 4.69) is 20.9 Å². The molecule has 0 aliphatic carbocycles. The first kappa shape index (κ1) is 16.7. The minimum absolute atomic E-state index is 0.00635. The number of nitrogens with zero attached hydrogens (tertiary/aromatic N) is 2. The van der Waals surface area contributed by atoms with E-state index in [-0.39, 0.29) is 5.91 Å². The molecular formula is C20H19BrN2O. The maximum Gasteiger partial charge on any atom is 0.254 e. The smallest absolute Gasteiger partial charge is 0.254 e. The molecule has 1 heterocycles. The van der Waals surface area contributed by atoms with Crippen molar-refractivity contribution in [3.63, 3.8) is 0 Å². The second-order valence-corrected chi connectivity index (χ2v) is 6.94. The number of pyridine rings is 1. The Morgan fingerprint density at radius 3 is 2.62 bits per heavy atom. The molecule has 0 fully saturated rings. The molecule has 24 heavy (non-hydrogen) atoms. The lowest BCUT2D eigenvalue weighted by molar-refractivity contribution is 0.0786. The highest BCUT2D eigenvalue weighted by Crippen LogP contribution is 2.23. The maximum atomic E-state index is 13.0. The summed E-state index contributed by atoms with van der Waals surface area (Å²) in [6.45, 7) is 4.50. The van der Waals surface area contributed by atoms with Gasteiger partial charge in [0.25, 0.3) is 5.91 Å². The number of halogens is 1. The van der Waals surface area contributed by atoms with Gasteiger partial charge in [0.05, 0.1) is 11.1 Å². The molecule has 1 aromatic heterocycles. The van der Waals surface area contributed by atoms with Crippen LogP contribution in [0.3, 0.4) is 0 Å². The lowest BCUT2D eigenvalue weighted by Gasteiger charge is -2.19. The van der Waals surface area contributed by atoms with Crippen LogP contribution in [-0.2, 0) is 6.54 Å². The molecule has 2 aromatic carbocycles. The molecule has 4 heteroatoms.